The molecular formula is C61H39N. The van der Waals surface area contributed by atoms with Crippen LogP contribution in [0.3, 0.4) is 0 Å². The maximum Gasteiger partial charge on any atom is 0.0714 e. The molecule has 0 radical (unpaired) electrons. The summed E-state index contributed by atoms with van der Waals surface area (Å²) in [6, 6.07) is 88.1. The van der Waals surface area contributed by atoms with Crippen LogP contribution in [0, 0.1) is 0 Å². The zero-order valence-electron chi connectivity index (χ0n) is 34.0. The average molecular weight is 786 g/mol. The second kappa shape index (κ2) is 13.5. The van der Waals surface area contributed by atoms with Crippen molar-refractivity contribution in [2.24, 2.45) is 0 Å². The molecular weight excluding hydrogens is 747 g/mol. The molecule has 0 aromatic heterocycles. The minimum Gasteiger partial charge on any atom is -0.310 e. The zero-order chi connectivity index (χ0) is 40.8. The number of benzene rings is 12. The predicted octanol–water partition coefficient (Wildman–Crippen LogP) is 16.4. The van der Waals surface area contributed by atoms with Gasteiger partial charge in [0.1, 0.15) is 0 Å². The number of nitrogens with zero attached hydrogens (tertiary/aromatic N) is 1. The van der Waals surface area contributed by atoms with E-state index in [0.29, 0.717) is 0 Å². The van der Waals surface area contributed by atoms with Gasteiger partial charge in [-0.3, -0.25) is 0 Å². The van der Waals surface area contributed by atoms with E-state index in [0.717, 1.165) is 17.1 Å². The summed E-state index contributed by atoms with van der Waals surface area (Å²) < 4.78 is 0. The fraction of sp³-hybridized carbons (Fsp3) is 0.0164. The zero-order valence-corrected chi connectivity index (χ0v) is 34.0. The van der Waals surface area contributed by atoms with Crippen molar-refractivity contribution in [2.45, 2.75) is 5.41 Å². The molecule has 1 aliphatic carbocycles. The Morgan fingerprint density at radius 2 is 0.548 bits per heavy atom. The van der Waals surface area contributed by atoms with Crippen LogP contribution in [0.15, 0.2) is 237 Å². The minimum atomic E-state index is -0.521. The Kier molecular flexibility index (Phi) is 7.59. The van der Waals surface area contributed by atoms with E-state index in [1.54, 1.807) is 0 Å². The van der Waals surface area contributed by atoms with Gasteiger partial charge in [0.15, 0.2) is 0 Å². The molecule has 0 heterocycles. The second-order valence-corrected chi connectivity index (χ2v) is 16.7. The van der Waals surface area contributed by atoms with Crippen molar-refractivity contribution in [3.63, 3.8) is 0 Å². The fourth-order valence-electron chi connectivity index (χ4n) is 11.1. The summed E-state index contributed by atoms with van der Waals surface area (Å²) in [6.07, 6.45) is 0. The number of hydrogen-bond acceptors (Lipinski definition) is 1. The van der Waals surface area contributed by atoms with E-state index in [-0.39, 0.29) is 0 Å². The first-order valence-corrected chi connectivity index (χ1v) is 21.6. The van der Waals surface area contributed by atoms with Crippen molar-refractivity contribution in [3.05, 3.63) is 259 Å². The molecule has 1 heteroatoms. The van der Waals surface area contributed by atoms with E-state index < -0.39 is 5.41 Å². The highest BCUT2D eigenvalue weighted by molar-refractivity contribution is 6.27. The summed E-state index contributed by atoms with van der Waals surface area (Å²) in [5, 5.41) is 15.2. The van der Waals surface area contributed by atoms with Crippen LogP contribution in [0.5, 0.6) is 0 Å². The molecule has 1 nitrogen and oxygen atoms in total. The Hall–Kier alpha value is -8.00. The molecule has 0 atom stereocenters. The number of rotatable bonds is 5. The van der Waals surface area contributed by atoms with Gasteiger partial charge in [0, 0.05) is 17.1 Å². The summed E-state index contributed by atoms with van der Waals surface area (Å²) in [6.45, 7) is 0. The summed E-state index contributed by atoms with van der Waals surface area (Å²) in [5.74, 6) is 0. The topological polar surface area (TPSA) is 3.24 Å². The molecule has 0 unspecified atom stereocenters. The SMILES string of the molecule is c1ccc(C2(c3ccccc3)c3ccccc3-c3ccc(N(c4ccc5c6ccccc6c6ccccc6c5c4)c4ccc5c6ccccc6c6ccccc6c5c4)cc32)cc1. The van der Waals surface area contributed by atoms with Gasteiger partial charge in [-0.05, 0) is 134 Å². The quantitative estimate of drug-likeness (QED) is 0.157. The molecule has 0 amide bonds. The largest absolute Gasteiger partial charge is 0.310 e. The minimum absolute atomic E-state index is 0.521. The summed E-state index contributed by atoms with van der Waals surface area (Å²) >= 11 is 0. The van der Waals surface area contributed by atoms with Crippen LogP contribution in [-0.4, -0.2) is 0 Å². The molecule has 0 saturated carbocycles. The Bertz CT molecular complexity index is 3480. The maximum atomic E-state index is 2.50. The third kappa shape index (κ3) is 4.91. The normalized spacial score (nSPS) is 13.0. The van der Waals surface area contributed by atoms with Crippen molar-refractivity contribution in [3.8, 4) is 11.1 Å². The molecule has 0 fully saturated rings. The van der Waals surface area contributed by atoms with Gasteiger partial charge in [0.05, 0.1) is 5.41 Å². The smallest absolute Gasteiger partial charge is 0.0714 e. The molecule has 12 aromatic rings. The van der Waals surface area contributed by atoms with Crippen molar-refractivity contribution in [2.75, 3.05) is 4.90 Å². The van der Waals surface area contributed by atoms with Gasteiger partial charge >= 0.3 is 0 Å². The third-order valence-corrected chi connectivity index (χ3v) is 13.7. The monoisotopic (exact) mass is 785 g/mol. The average Bonchev–Trinajstić information content (AvgIpc) is 3.65. The molecule has 62 heavy (non-hydrogen) atoms. The highest BCUT2D eigenvalue weighted by Crippen LogP contribution is 2.57. The lowest BCUT2D eigenvalue weighted by Gasteiger charge is -2.35. The Morgan fingerprint density at radius 1 is 0.226 bits per heavy atom. The first-order valence-electron chi connectivity index (χ1n) is 21.6. The van der Waals surface area contributed by atoms with Crippen LogP contribution in [-0.2, 0) is 5.41 Å². The maximum absolute atomic E-state index is 2.50. The second-order valence-electron chi connectivity index (χ2n) is 16.7. The summed E-state index contributed by atoms with van der Waals surface area (Å²) in [5.41, 5.74) is 10.5. The van der Waals surface area contributed by atoms with Crippen molar-refractivity contribution in [1.82, 2.24) is 0 Å². The summed E-state index contributed by atoms with van der Waals surface area (Å²) in [7, 11) is 0. The lowest BCUT2D eigenvalue weighted by atomic mass is 9.67. The van der Waals surface area contributed by atoms with Gasteiger partial charge in [0.2, 0.25) is 0 Å². The van der Waals surface area contributed by atoms with E-state index in [9.17, 15) is 0 Å². The molecule has 0 N–H and O–H groups in total. The van der Waals surface area contributed by atoms with Gasteiger partial charge in [-0.25, -0.2) is 0 Å². The van der Waals surface area contributed by atoms with Gasteiger partial charge in [-0.2, -0.15) is 0 Å². The van der Waals surface area contributed by atoms with Gasteiger partial charge in [0.25, 0.3) is 0 Å². The number of anilines is 3. The van der Waals surface area contributed by atoms with E-state index >= 15 is 0 Å². The molecule has 288 valence electrons. The van der Waals surface area contributed by atoms with Crippen molar-refractivity contribution < 1.29 is 0 Å². The number of hydrogen-bond donors (Lipinski definition) is 0. The Morgan fingerprint density at radius 3 is 1.00 bits per heavy atom. The lowest BCUT2D eigenvalue weighted by Crippen LogP contribution is -2.28. The standard InChI is InChI=1S/C61H39N/c1-3-17-40(18-4-1)61(41-19-5-2-6-20-41)59-30-16-15-29-55(59)56-36-33-44(39-60(56)61)62(42-31-34-53-49-25-9-7-21-45(49)47-23-11-13-27-51(47)57(53)37-42)43-32-35-54-50-26-10-8-22-46(50)48-24-12-14-28-52(48)58(54)38-43/h1-39H. The molecule has 0 spiro atoms. The Balaban J connectivity index is 1.13. The fourth-order valence-corrected chi connectivity index (χ4v) is 11.1. The molecule has 12 aromatic carbocycles. The van der Waals surface area contributed by atoms with Crippen molar-refractivity contribution >= 4 is 81.7 Å². The highest BCUT2D eigenvalue weighted by atomic mass is 15.1. The van der Waals surface area contributed by atoms with Crippen LogP contribution < -0.4 is 4.90 Å². The molecule has 1 aliphatic rings. The van der Waals surface area contributed by atoms with Crippen LogP contribution >= 0.6 is 0 Å². The van der Waals surface area contributed by atoms with Crippen LogP contribution in [0.1, 0.15) is 22.3 Å². The highest BCUT2D eigenvalue weighted by Gasteiger charge is 2.46. The van der Waals surface area contributed by atoms with Gasteiger partial charge in [-0.15, -0.1) is 0 Å². The lowest BCUT2D eigenvalue weighted by molar-refractivity contribution is 0.768. The van der Waals surface area contributed by atoms with Crippen LogP contribution in [0.4, 0.5) is 17.1 Å². The van der Waals surface area contributed by atoms with E-state index in [1.807, 2.05) is 0 Å². The van der Waals surface area contributed by atoms with Gasteiger partial charge in [-0.1, -0.05) is 200 Å². The number of fused-ring (bicyclic) bond motifs is 15. The summed E-state index contributed by atoms with van der Waals surface area (Å²) in [4.78, 5) is 2.50. The van der Waals surface area contributed by atoms with E-state index in [1.165, 1.54) is 98.0 Å². The molecule has 0 saturated heterocycles. The van der Waals surface area contributed by atoms with E-state index in [4.69, 9.17) is 0 Å². The third-order valence-electron chi connectivity index (χ3n) is 13.7. The molecule has 0 aliphatic heterocycles. The van der Waals surface area contributed by atoms with Gasteiger partial charge < -0.3 is 4.90 Å². The first-order chi connectivity index (χ1) is 30.8. The predicted molar refractivity (Wildman–Crippen MR) is 263 cm³/mol. The molecule has 0 bridgehead atoms. The van der Waals surface area contributed by atoms with Crippen LogP contribution in [0.25, 0.3) is 75.8 Å². The molecule has 13 rings (SSSR count). The van der Waals surface area contributed by atoms with E-state index in [2.05, 4.69) is 241 Å². The van der Waals surface area contributed by atoms with Crippen LogP contribution in [0.2, 0.25) is 0 Å². The Labute approximate surface area is 360 Å². The van der Waals surface area contributed by atoms with Crippen molar-refractivity contribution in [1.29, 1.82) is 0 Å². The first kappa shape index (κ1) is 34.8.